The lowest BCUT2D eigenvalue weighted by atomic mass is 10.1. The summed E-state index contributed by atoms with van der Waals surface area (Å²) in [5, 5.41) is 13.1. The number of fused-ring (bicyclic) bond motifs is 1. The first kappa shape index (κ1) is 18.0. The first-order valence-electron chi connectivity index (χ1n) is 8.52. The molecule has 0 aliphatic heterocycles. The average molecular weight is 435 g/mol. The van der Waals surface area contributed by atoms with E-state index in [0.717, 1.165) is 10.0 Å². The number of amides is 1. The van der Waals surface area contributed by atoms with E-state index in [4.69, 9.17) is 4.42 Å². The largest absolute Gasteiger partial charge is 0.507 e. The molecule has 0 bridgehead atoms. The van der Waals surface area contributed by atoms with E-state index >= 15 is 0 Å². The summed E-state index contributed by atoms with van der Waals surface area (Å²) in [5.74, 6) is 0.00452. The maximum atomic E-state index is 12.1. The fourth-order valence-corrected chi connectivity index (χ4v) is 2.97. The van der Waals surface area contributed by atoms with Crippen LogP contribution in [-0.2, 0) is 4.79 Å². The van der Waals surface area contributed by atoms with Crippen molar-refractivity contribution in [2.45, 2.75) is 0 Å². The normalized spacial score (nSPS) is 11.2. The molecule has 4 rings (SSSR count). The minimum absolute atomic E-state index is 0.0266. The Hall–Kier alpha value is -3.38. The summed E-state index contributed by atoms with van der Waals surface area (Å²) in [6.07, 6.45) is 3.16. The molecule has 28 heavy (non-hydrogen) atoms. The van der Waals surface area contributed by atoms with Crippen LogP contribution in [0.3, 0.4) is 0 Å². The van der Waals surface area contributed by atoms with Gasteiger partial charge in [0.25, 0.3) is 0 Å². The molecule has 5 nitrogen and oxygen atoms in total. The molecule has 0 saturated carbocycles. The van der Waals surface area contributed by atoms with Gasteiger partial charge in [0.15, 0.2) is 5.58 Å². The van der Waals surface area contributed by atoms with E-state index in [2.05, 4.69) is 26.2 Å². The molecule has 0 unspecified atom stereocenters. The summed E-state index contributed by atoms with van der Waals surface area (Å²) in [4.78, 5) is 16.5. The number of aromatic hydroxyl groups is 1. The molecule has 6 heteroatoms. The van der Waals surface area contributed by atoms with E-state index in [0.29, 0.717) is 28.2 Å². The zero-order valence-electron chi connectivity index (χ0n) is 14.6. The number of halogens is 1. The number of nitrogens with one attached hydrogen (secondary N) is 1. The second-order valence-electron chi connectivity index (χ2n) is 6.09. The lowest BCUT2D eigenvalue weighted by Gasteiger charge is -2.05. The molecule has 4 aromatic rings. The molecule has 0 fully saturated rings. The third kappa shape index (κ3) is 3.97. The molecule has 0 aliphatic rings. The van der Waals surface area contributed by atoms with Crippen molar-refractivity contribution in [1.29, 1.82) is 0 Å². The van der Waals surface area contributed by atoms with Gasteiger partial charge in [0.05, 0.1) is 5.56 Å². The van der Waals surface area contributed by atoms with Crippen LogP contribution in [0.1, 0.15) is 5.56 Å². The van der Waals surface area contributed by atoms with Gasteiger partial charge in [-0.3, -0.25) is 4.79 Å². The van der Waals surface area contributed by atoms with Crippen molar-refractivity contribution in [3.63, 3.8) is 0 Å². The van der Waals surface area contributed by atoms with Crippen molar-refractivity contribution in [3.8, 4) is 17.2 Å². The quantitative estimate of drug-likeness (QED) is 0.409. The summed E-state index contributed by atoms with van der Waals surface area (Å²) >= 11 is 3.37. The van der Waals surface area contributed by atoms with Crippen molar-refractivity contribution in [1.82, 2.24) is 4.98 Å². The molecule has 1 heterocycles. The molecule has 1 amide bonds. The van der Waals surface area contributed by atoms with Gasteiger partial charge in [-0.05, 0) is 48.0 Å². The number of hydrogen-bond acceptors (Lipinski definition) is 4. The lowest BCUT2D eigenvalue weighted by Crippen LogP contribution is -2.07. The molecule has 3 aromatic carbocycles. The van der Waals surface area contributed by atoms with E-state index in [-0.39, 0.29) is 11.7 Å². The van der Waals surface area contributed by atoms with Gasteiger partial charge in [0.2, 0.25) is 11.8 Å². The molecule has 0 aliphatic carbocycles. The third-order valence-electron chi connectivity index (χ3n) is 4.09. The predicted molar refractivity (Wildman–Crippen MR) is 113 cm³/mol. The number of para-hydroxylation sites is 2. The van der Waals surface area contributed by atoms with Gasteiger partial charge in [-0.2, -0.15) is 0 Å². The average Bonchev–Trinajstić information content (AvgIpc) is 3.11. The summed E-state index contributed by atoms with van der Waals surface area (Å²) in [7, 11) is 0. The Morgan fingerprint density at radius 2 is 1.86 bits per heavy atom. The Labute approximate surface area is 169 Å². The van der Waals surface area contributed by atoms with Crippen LogP contribution in [0, 0.1) is 0 Å². The molecule has 0 atom stereocenters. The number of aromatic nitrogens is 1. The summed E-state index contributed by atoms with van der Waals surface area (Å²) in [6, 6.07) is 19.8. The van der Waals surface area contributed by atoms with Crippen molar-refractivity contribution < 1.29 is 14.3 Å². The number of oxazole rings is 1. The van der Waals surface area contributed by atoms with Crippen LogP contribution in [0.15, 0.2) is 81.7 Å². The van der Waals surface area contributed by atoms with E-state index in [1.165, 1.54) is 12.1 Å². The Morgan fingerprint density at radius 1 is 1.07 bits per heavy atom. The number of hydrogen-bond donors (Lipinski definition) is 2. The maximum absolute atomic E-state index is 12.1. The van der Waals surface area contributed by atoms with Crippen LogP contribution in [0.5, 0.6) is 5.75 Å². The number of benzene rings is 3. The van der Waals surface area contributed by atoms with Crippen molar-refractivity contribution >= 4 is 44.7 Å². The number of rotatable bonds is 4. The topological polar surface area (TPSA) is 75.4 Å². The molecular weight excluding hydrogens is 420 g/mol. The first-order valence-corrected chi connectivity index (χ1v) is 9.31. The highest BCUT2D eigenvalue weighted by Crippen LogP contribution is 2.33. The number of phenolic OH excluding ortho intramolecular Hbond substituents is 1. The van der Waals surface area contributed by atoms with E-state index in [1.807, 2.05) is 48.5 Å². The van der Waals surface area contributed by atoms with Gasteiger partial charge >= 0.3 is 0 Å². The molecule has 0 spiro atoms. The summed E-state index contributed by atoms with van der Waals surface area (Å²) in [5.41, 5.74) is 3.20. The lowest BCUT2D eigenvalue weighted by molar-refractivity contribution is -0.111. The van der Waals surface area contributed by atoms with Crippen LogP contribution >= 0.6 is 15.9 Å². The van der Waals surface area contributed by atoms with E-state index in [9.17, 15) is 9.90 Å². The third-order valence-corrected chi connectivity index (χ3v) is 4.62. The predicted octanol–water partition coefficient (Wildman–Crippen LogP) is 5.61. The Bertz CT molecular complexity index is 1150. The van der Waals surface area contributed by atoms with Crippen LogP contribution in [0.2, 0.25) is 0 Å². The fourth-order valence-electron chi connectivity index (χ4n) is 2.71. The number of carbonyl (C=O) groups is 1. The SMILES string of the molecule is O=C(/C=C\c1ccc(Br)cc1)Nc1ccc(-c2nc3ccccc3o2)c(O)c1. The molecule has 0 radical (unpaired) electrons. The van der Waals surface area contributed by atoms with E-state index < -0.39 is 0 Å². The smallest absolute Gasteiger partial charge is 0.248 e. The van der Waals surface area contributed by atoms with Crippen LogP contribution in [-0.4, -0.2) is 16.0 Å². The highest BCUT2D eigenvalue weighted by molar-refractivity contribution is 9.10. The minimum Gasteiger partial charge on any atom is -0.507 e. The Kier molecular flexibility index (Phi) is 4.95. The van der Waals surface area contributed by atoms with Crippen LogP contribution in [0.4, 0.5) is 5.69 Å². The van der Waals surface area contributed by atoms with Crippen LogP contribution in [0.25, 0.3) is 28.6 Å². The zero-order valence-corrected chi connectivity index (χ0v) is 16.2. The molecular formula is C22H15BrN2O3. The fraction of sp³-hybridized carbons (Fsp3) is 0. The van der Waals surface area contributed by atoms with Gasteiger partial charge in [-0.15, -0.1) is 0 Å². The number of phenols is 1. The second kappa shape index (κ2) is 7.70. The molecule has 1 aromatic heterocycles. The van der Waals surface area contributed by atoms with E-state index in [1.54, 1.807) is 18.2 Å². The van der Waals surface area contributed by atoms with Gasteiger partial charge in [-0.25, -0.2) is 4.98 Å². The minimum atomic E-state index is -0.295. The number of anilines is 1. The van der Waals surface area contributed by atoms with Gasteiger partial charge in [0, 0.05) is 22.3 Å². The number of carbonyl (C=O) groups excluding carboxylic acids is 1. The molecule has 138 valence electrons. The monoisotopic (exact) mass is 434 g/mol. The van der Waals surface area contributed by atoms with Crippen LogP contribution < -0.4 is 5.32 Å². The highest BCUT2D eigenvalue weighted by Gasteiger charge is 2.13. The Balaban J connectivity index is 1.49. The van der Waals surface area contributed by atoms with Crippen molar-refractivity contribution in [2.24, 2.45) is 0 Å². The zero-order chi connectivity index (χ0) is 19.5. The van der Waals surface area contributed by atoms with Crippen molar-refractivity contribution in [3.05, 3.63) is 82.8 Å². The highest BCUT2D eigenvalue weighted by atomic mass is 79.9. The second-order valence-corrected chi connectivity index (χ2v) is 7.01. The molecule has 2 N–H and O–H groups in total. The van der Waals surface area contributed by atoms with Gasteiger partial charge in [-0.1, -0.05) is 40.2 Å². The first-order chi connectivity index (χ1) is 13.6. The van der Waals surface area contributed by atoms with Crippen molar-refractivity contribution in [2.75, 3.05) is 5.32 Å². The Morgan fingerprint density at radius 3 is 2.61 bits per heavy atom. The standard InChI is InChI=1S/C22H15BrN2O3/c23-15-8-5-14(6-9-15)7-12-21(27)24-16-10-11-17(19(26)13-16)22-25-18-3-1-2-4-20(18)28-22/h1-13,26H,(H,24,27)/b12-7-. The summed E-state index contributed by atoms with van der Waals surface area (Å²) < 4.78 is 6.65. The molecule has 0 saturated heterocycles. The maximum Gasteiger partial charge on any atom is 0.248 e. The van der Waals surface area contributed by atoms with Gasteiger partial charge in [0.1, 0.15) is 11.3 Å². The summed E-state index contributed by atoms with van der Waals surface area (Å²) in [6.45, 7) is 0. The number of nitrogens with zero attached hydrogens (tertiary/aromatic N) is 1. The van der Waals surface area contributed by atoms with Gasteiger partial charge < -0.3 is 14.8 Å².